The van der Waals surface area contributed by atoms with Gasteiger partial charge in [-0.25, -0.2) is 9.48 Å². The van der Waals surface area contributed by atoms with Gasteiger partial charge in [0, 0.05) is 32.1 Å². The SMILES string of the molecule is CC(=O)N1CC(C)CC(NC(=O)NCc2cn(-c3cccc(OC(F)(F)F)c3)nn2)C1. The largest absolute Gasteiger partial charge is 0.573 e. The number of aromatic nitrogens is 3. The number of nitrogens with one attached hydrogen (secondary N) is 2. The molecule has 2 atom stereocenters. The van der Waals surface area contributed by atoms with Crippen molar-refractivity contribution < 1.29 is 27.5 Å². The number of nitrogens with zero attached hydrogens (tertiary/aromatic N) is 4. The van der Waals surface area contributed by atoms with Crippen LogP contribution >= 0.6 is 0 Å². The number of alkyl halides is 3. The van der Waals surface area contributed by atoms with Crippen LogP contribution in [0.25, 0.3) is 5.69 Å². The molecule has 3 rings (SSSR count). The number of benzene rings is 1. The Balaban J connectivity index is 1.54. The molecule has 168 valence electrons. The average Bonchev–Trinajstić information content (AvgIpc) is 3.14. The summed E-state index contributed by atoms with van der Waals surface area (Å²) in [6.45, 7) is 4.73. The van der Waals surface area contributed by atoms with E-state index in [0.717, 1.165) is 6.42 Å². The fourth-order valence-corrected chi connectivity index (χ4v) is 3.45. The van der Waals surface area contributed by atoms with Crippen molar-refractivity contribution in [3.8, 4) is 11.4 Å². The molecular formula is C19H23F3N6O3. The van der Waals surface area contributed by atoms with Gasteiger partial charge in [0.25, 0.3) is 0 Å². The van der Waals surface area contributed by atoms with Crippen LogP contribution in [0.5, 0.6) is 5.75 Å². The summed E-state index contributed by atoms with van der Waals surface area (Å²) in [5.74, 6) is -0.124. The highest BCUT2D eigenvalue weighted by molar-refractivity contribution is 5.75. The molecule has 1 aliphatic heterocycles. The molecule has 1 saturated heterocycles. The molecule has 31 heavy (non-hydrogen) atoms. The van der Waals surface area contributed by atoms with Crippen molar-refractivity contribution >= 4 is 11.9 Å². The first-order valence-corrected chi connectivity index (χ1v) is 9.66. The number of carbonyl (C=O) groups is 2. The molecule has 2 N–H and O–H groups in total. The molecule has 0 bridgehead atoms. The van der Waals surface area contributed by atoms with Gasteiger partial charge in [-0.15, -0.1) is 18.3 Å². The molecule has 1 aromatic heterocycles. The third kappa shape index (κ3) is 6.59. The first-order chi connectivity index (χ1) is 14.6. The number of hydrogen-bond acceptors (Lipinski definition) is 5. The third-order valence-electron chi connectivity index (χ3n) is 4.73. The van der Waals surface area contributed by atoms with Gasteiger partial charge < -0.3 is 20.3 Å². The summed E-state index contributed by atoms with van der Waals surface area (Å²) < 4.78 is 42.3. The van der Waals surface area contributed by atoms with Crippen molar-refractivity contribution in [2.75, 3.05) is 13.1 Å². The van der Waals surface area contributed by atoms with Gasteiger partial charge in [0.2, 0.25) is 5.91 Å². The van der Waals surface area contributed by atoms with Gasteiger partial charge in [-0.2, -0.15) is 0 Å². The summed E-state index contributed by atoms with van der Waals surface area (Å²) in [6.07, 6.45) is -2.53. The Morgan fingerprint density at radius 1 is 1.29 bits per heavy atom. The highest BCUT2D eigenvalue weighted by Gasteiger charge is 2.31. The predicted molar refractivity (Wildman–Crippen MR) is 103 cm³/mol. The van der Waals surface area contributed by atoms with Crippen LogP contribution in [-0.2, 0) is 11.3 Å². The van der Waals surface area contributed by atoms with Gasteiger partial charge in [-0.1, -0.05) is 18.2 Å². The minimum Gasteiger partial charge on any atom is -0.406 e. The van der Waals surface area contributed by atoms with Gasteiger partial charge in [0.05, 0.1) is 18.4 Å². The van der Waals surface area contributed by atoms with Gasteiger partial charge in [0.15, 0.2) is 0 Å². The zero-order chi connectivity index (χ0) is 22.6. The van der Waals surface area contributed by atoms with Gasteiger partial charge in [-0.05, 0) is 24.5 Å². The number of halogens is 3. The van der Waals surface area contributed by atoms with Gasteiger partial charge >= 0.3 is 12.4 Å². The first kappa shape index (κ1) is 22.4. The maximum Gasteiger partial charge on any atom is 0.573 e. The number of piperidine rings is 1. The number of likely N-dealkylation sites (tertiary alicyclic amines) is 1. The fourth-order valence-electron chi connectivity index (χ4n) is 3.45. The molecule has 9 nitrogen and oxygen atoms in total. The van der Waals surface area contributed by atoms with Crippen molar-refractivity contribution in [2.45, 2.75) is 39.2 Å². The summed E-state index contributed by atoms with van der Waals surface area (Å²) in [7, 11) is 0. The third-order valence-corrected chi connectivity index (χ3v) is 4.73. The van der Waals surface area contributed by atoms with E-state index in [1.54, 1.807) is 11.0 Å². The Morgan fingerprint density at radius 2 is 2.06 bits per heavy atom. The van der Waals surface area contributed by atoms with Crippen molar-refractivity contribution in [3.05, 3.63) is 36.2 Å². The number of amides is 3. The fraction of sp³-hybridized carbons (Fsp3) is 0.474. The van der Waals surface area contributed by atoms with Crippen LogP contribution in [0.15, 0.2) is 30.5 Å². The molecule has 1 aliphatic rings. The Morgan fingerprint density at radius 3 is 2.77 bits per heavy atom. The lowest BCUT2D eigenvalue weighted by Crippen LogP contribution is -2.53. The summed E-state index contributed by atoms with van der Waals surface area (Å²) in [6, 6.07) is 4.75. The Labute approximate surface area is 176 Å². The topological polar surface area (TPSA) is 101 Å². The van der Waals surface area contributed by atoms with E-state index in [1.165, 1.54) is 36.0 Å². The minimum atomic E-state index is -4.79. The van der Waals surface area contributed by atoms with Gasteiger partial charge in [0.1, 0.15) is 11.4 Å². The zero-order valence-corrected chi connectivity index (χ0v) is 17.0. The van der Waals surface area contributed by atoms with E-state index < -0.39 is 12.4 Å². The molecule has 0 spiro atoms. The second kappa shape index (κ2) is 9.23. The van der Waals surface area contributed by atoms with Crippen LogP contribution < -0.4 is 15.4 Å². The molecule has 12 heteroatoms. The van der Waals surface area contributed by atoms with Crippen LogP contribution in [0.4, 0.5) is 18.0 Å². The Kier molecular flexibility index (Phi) is 6.66. The highest BCUT2D eigenvalue weighted by Crippen LogP contribution is 2.24. The normalized spacial score (nSPS) is 19.1. The average molecular weight is 440 g/mol. The summed E-state index contributed by atoms with van der Waals surface area (Å²) in [5, 5.41) is 13.3. The van der Waals surface area contributed by atoms with E-state index in [9.17, 15) is 22.8 Å². The number of urea groups is 1. The second-order valence-electron chi connectivity index (χ2n) is 7.49. The zero-order valence-electron chi connectivity index (χ0n) is 17.0. The molecule has 1 fully saturated rings. The molecule has 0 radical (unpaired) electrons. The van der Waals surface area contributed by atoms with Crippen LogP contribution in [0, 0.1) is 5.92 Å². The number of hydrogen-bond donors (Lipinski definition) is 2. The summed E-state index contributed by atoms with van der Waals surface area (Å²) in [4.78, 5) is 25.5. The first-order valence-electron chi connectivity index (χ1n) is 9.66. The van der Waals surface area contributed by atoms with E-state index in [4.69, 9.17) is 0 Å². The lowest BCUT2D eigenvalue weighted by molar-refractivity contribution is -0.274. The van der Waals surface area contributed by atoms with E-state index in [1.807, 2.05) is 6.92 Å². The number of rotatable bonds is 5. The Hall–Kier alpha value is -3.31. The van der Waals surface area contributed by atoms with E-state index >= 15 is 0 Å². The number of ether oxygens (including phenoxy) is 1. The molecule has 2 heterocycles. The quantitative estimate of drug-likeness (QED) is 0.743. The highest BCUT2D eigenvalue weighted by atomic mass is 19.4. The molecule has 1 aromatic carbocycles. The van der Waals surface area contributed by atoms with Gasteiger partial charge in [-0.3, -0.25) is 4.79 Å². The molecule has 0 saturated carbocycles. The van der Waals surface area contributed by atoms with Crippen molar-refractivity contribution in [1.29, 1.82) is 0 Å². The maximum absolute atomic E-state index is 12.4. The van der Waals surface area contributed by atoms with Crippen LogP contribution in [0.2, 0.25) is 0 Å². The van der Waals surface area contributed by atoms with Crippen LogP contribution in [0.3, 0.4) is 0 Å². The predicted octanol–water partition coefficient (Wildman–Crippen LogP) is 2.22. The van der Waals surface area contributed by atoms with Crippen LogP contribution in [0.1, 0.15) is 26.0 Å². The summed E-state index contributed by atoms with van der Waals surface area (Å²) >= 11 is 0. The van der Waals surface area contributed by atoms with E-state index in [-0.39, 0.29) is 30.2 Å². The molecule has 2 unspecified atom stereocenters. The standard InChI is InChI=1S/C19H23F3N6O3/c1-12-6-14(10-27(9-12)13(2)29)24-18(30)23-8-15-11-28(26-25-15)16-4-3-5-17(7-16)31-19(20,21)22/h3-5,7,11-12,14H,6,8-10H2,1-2H3,(H2,23,24,30). The molecule has 2 aromatic rings. The summed E-state index contributed by atoms with van der Waals surface area (Å²) in [5.41, 5.74) is 0.741. The molecule has 0 aliphatic carbocycles. The smallest absolute Gasteiger partial charge is 0.406 e. The van der Waals surface area contributed by atoms with Crippen molar-refractivity contribution in [3.63, 3.8) is 0 Å². The Bertz CT molecular complexity index is 933. The maximum atomic E-state index is 12.4. The minimum absolute atomic E-state index is 0.0277. The van der Waals surface area contributed by atoms with E-state index in [2.05, 4.69) is 25.7 Å². The lowest BCUT2D eigenvalue weighted by atomic mass is 9.96. The van der Waals surface area contributed by atoms with Crippen LogP contribution in [-0.4, -0.2) is 57.3 Å². The molecule has 3 amide bonds. The van der Waals surface area contributed by atoms with Crippen molar-refractivity contribution in [2.24, 2.45) is 5.92 Å². The lowest BCUT2D eigenvalue weighted by Gasteiger charge is -2.36. The van der Waals surface area contributed by atoms with Crippen molar-refractivity contribution in [1.82, 2.24) is 30.5 Å². The second-order valence-corrected chi connectivity index (χ2v) is 7.49. The van der Waals surface area contributed by atoms with E-state index in [0.29, 0.717) is 24.5 Å². The molecular weight excluding hydrogens is 417 g/mol. The number of carbonyl (C=O) groups excluding carboxylic acids is 2. The monoisotopic (exact) mass is 440 g/mol.